The van der Waals surface area contributed by atoms with Crippen molar-refractivity contribution < 1.29 is 9.13 Å². The Labute approximate surface area is 117 Å². The summed E-state index contributed by atoms with van der Waals surface area (Å²) in [6.07, 6.45) is 0. The van der Waals surface area contributed by atoms with E-state index in [0.29, 0.717) is 11.5 Å². The minimum atomic E-state index is -0.380. The standard InChI is InChI=1S/C15H15ClFNO/c1-10(18-2)11-4-3-5-13(8-11)19-15-7-6-12(17)9-14(15)16/h3-10,18H,1-2H3. The SMILES string of the molecule is CNC(C)c1cccc(Oc2ccc(F)cc2Cl)c1. The van der Waals surface area contributed by atoms with Gasteiger partial charge in [-0.1, -0.05) is 23.7 Å². The van der Waals surface area contributed by atoms with Gasteiger partial charge in [0.2, 0.25) is 0 Å². The molecule has 100 valence electrons. The van der Waals surface area contributed by atoms with Crippen LogP contribution in [0.5, 0.6) is 11.5 Å². The molecule has 0 radical (unpaired) electrons. The van der Waals surface area contributed by atoms with E-state index in [2.05, 4.69) is 12.2 Å². The molecule has 0 aliphatic heterocycles. The maximum absolute atomic E-state index is 13.0. The van der Waals surface area contributed by atoms with E-state index in [1.165, 1.54) is 18.2 Å². The number of ether oxygens (including phenoxy) is 1. The third kappa shape index (κ3) is 3.46. The van der Waals surface area contributed by atoms with Crippen molar-refractivity contribution in [3.05, 3.63) is 58.9 Å². The average molecular weight is 280 g/mol. The van der Waals surface area contributed by atoms with Crippen LogP contribution < -0.4 is 10.1 Å². The summed E-state index contributed by atoms with van der Waals surface area (Å²) >= 11 is 5.93. The lowest BCUT2D eigenvalue weighted by Crippen LogP contribution is -2.12. The molecule has 0 aliphatic carbocycles. The van der Waals surface area contributed by atoms with Crippen molar-refractivity contribution in [3.8, 4) is 11.5 Å². The Kier molecular flexibility index (Phi) is 4.40. The number of rotatable bonds is 4. The third-order valence-electron chi connectivity index (χ3n) is 2.91. The molecule has 0 saturated carbocycles. The van der Waals surface area contributed by atoms with Crippen LogP contribution in [0.2, 0.25) is 5.02 Å². The molecule has 19 heavy (non-hydrogen) atoms. The lowest BCUT2D eigenvalue weighted by atomic mass is 10.1. The number of hydrogen-bond acceptors (Lipinski definition) is 2. The van der Waals surface area contributed by atoms with Crippen molar-refractivity contribution >= 4 is 11.6 Å². The van der Waals surface area contributed by atoms with Gasteiger partial charge in [0.1, 0.15) is 17.3 Å². The number of halogens is 2. The van der Waals surface area contributed by atoms with Crippen molar-refractivity contribution in [1.29, 1.82) is 0 Å². The van der Waals surface area contributed by atoms with Crippen LogP contribution in [0.4, 0.5) is 4.39 Å². The molecular formula is C15H15ClFNO. The van der Waals surface area contributed by atoms with Gasteiger partial charge in [-0.3, -0.25) is 0 Å². The van der Waals surface area contributed by atoms with Crippen LogP contribution in [0, 0.1) is 5.82 Å². The first kappa shape index (κ1) is 13.8. The highest BCUT2D eigenvalue weighted by Gasteiger charge is 2.07. The molecule has 0 aliphatic rings. The monoisotopic (exact) mass is 279 g/mol. The molecule has 0 spiro atoms. The molecule has 0 bridgehead atoms. The first-order valence-electron chi connectivity index (χ1n) is 6.00. The van der Waals surface area contributed by atoms with Gasteiger partial charge in [-0.15, -0.1) is 0 Å². The Balaban J connectivity index is 2.23. The summed E-state index contributed by atoms with van der Waals surface area (Å²) in [6, 6.07) is 12.0. The van der Waals surface area contributed by atoms with Crippen molar-refractivity contribution in [2.45, 2.75) is 13.0 Å². The summed E-state index contributed by atoms with van der Waals surface area (Å²) in [4.78, 5) is 0. The van der Waals surface area contributed by atoms with E-state index in [9.17, 15) is 4.39 Å². The van der Waals surface area contributed by atoms with E-state index < -0.39 is 0 Å². The van der Waals surface area contributed by atoms with Gasteiger partial charge >= 0.3 is 0 Å². The van der Waals surface area contributed by atoms with Crippen LogP contribution in [0.1, 0.15) is 18.5 Å². The Bertz CT molecular complexity index is 574. The molecule has 0 saturated heterocycles. The van der Waals surface area contributed by atoms with Crippen molar-refractivity contribution in [3.63, 3.8) is 0 Å². The van der Waals surface area contributed by atoms with Crippen LogP contribution in [0.3, 0.4) is 0 Å². The molecule has 1 atom stereocenters. The zero-order chi connectivity index (χ0) is 13.8. The fraction of sp³-hybridized carbons (Fsp3) is 0.200. The maximum atomic E-state index is 13.0. The molecule has 4 heteroatoms. The van der Waals surface area contributed by atoms with E-state index in [1.54, 1.807) is 0 Å². The minimum Gasteiger partial charge on any atom is -0.456 e. The summed E-state index contributed by atoms with van der Waals surface area (Å²) in [7, 11) is 1.90. The summed E-state index contributed by atoms with van der Waals surface area (Å²) in [5.74, 6) is 0.736. The van der Waals surface area contributed by atoms with Crippen LogP contribution in [0.15, 0.2) is 42.5 Å². The van der Waals surface area contributed by atoms with Gasteiger partial charge in [0, 0.05) is 6.04 Å². The molecule has 1 unspecified atom stereocenters. The fourth-order valence-electron chi connectivity index (χ4n) is 1.70. The van der Waals surface area contributed by atoms with Crippen molar-refractivity contribution in [2.24, 2.45) is 0 Å². The maximum Gasteiger partial charge on any atom is 0.146 e. The molecule has 0 heterocycles. The third-order valence-corrected chi connectivity index (χ3v) is 3.21. The van der Waals surface area contributed by atoms with E-state index in [4.69, 9.17) is 16.3 Å². The predicted molar refractivity (Wildman–Crippen MR) is 75.4 cm³/mol. The largest absolute Gasteiger partial charge is 0.456 e. The molecule has 0 amide bonds. The number of nitrogens with one attached hydrogen (secondary N) is 1. The second-order valence-corrected chi connectivity index (χ2v) is 4.67. The van der Waals surface area contributed by atoms with Crippen molar-refractivity contribution in [2.75, 3.05) is 7.05 Å². The van der Waals surface area contributed by atoms with Crippen LogP contribution in [-0.2, 0) is 0 Å². The molecular weight excluding hydrogens is 265 g/mol. The van der Waals surface area contributed by atoms with Crippen molar-refractivity contribution in [1.82, 2.24) is 5.32 Å². The van der Waals surface area contributed by atoms with E-state index in [1.807, 2.05) is 31.3 Å². The molecule has 2 rings (SSSR count). The van der Waals surface area contributed by atoms with Gasteiger partial charge in [-0.05, 0) is 49.9 Å². The molecule has 2 aromatic carbocycles. The second kappa shape index (κ2) is 6.04. The Morgan fingerprint density at radius 3 is 2.68 bits per heavy atom. The van der Waals surface area contributed by atoms with Gasteiger partial charge < -0.3 is 10.1 Å². The zero-order valence-corrected chi connectivity index (χ0v) is 11.5. The van der Waals surface area contributed by atoms with Gasteiger partial charge in [0.05, 0.1) is 5.02 Å². The number of hydrogen-bond donors (Lipinski definition) is 1. The summed E-state index contributed by atoms with van der Waals surface area (Å²) in [5.41, 5.74) is 1.11. The highest BCUT2D eigenvalue weighted by atomic mass is 35.5. The molecule has 2 aromatic rings. The lowest BCUT2D eigenvalue weighted by Gasteiger charge is -2.13. The highest BCUT2D eigenvalue weighted by Crippen LogP contribution is 2.30. The molecule has 1 N–H and O–H groups in total. The quantitative estimate of drug-likeness (QED) is 0.886. The average Bonchev–Trinajstić information content (AvgIpc) is 2.41. The molecule has 0 fully saturated rings. The number of benzene rings is 2. The van der Waals surface area contributed by atoms with Gasteiger partial charge in [0.15, 0.2) is 0 Å². The van der Waals surface area contributed by atoms with Gasteiger partial charge in [-0.2, -0.15) is 0 Å². The van der Waals surface area contributed by atoms with E-state index in [0.717, 1.165) is 5.56 Å². The minimum absolute atomic E-state index is 0.229. The van der Waals surface area contributed by atoms with Crippen LogP contribution in [0.25, 0.3) is 0 Å². The highest BCUT2D eigenvalue weighted by molar-refractivity contribution is 6.32. The fourth-order valence-corrected chi connectivity index (χ4v) is 1.90. The van der Waals surface area contributed by atoms with E-state index >= 15 is 0 Å². The van der Waals surface area contributed by atoms with Crippen LogP contribution in [-0.4, -0.2) is 7.05 Å². The Morgan fingerprint density at radius 1 is 1.21 bits per heavy atom. The zero-order valence-electron chi connectivity index (χ0n) is 10.8. The molecule has 2 nitrogen and oxygen atoms in total. The Hall–Kier alpha value is -1.58. The summed E-state index contributed by atoms with van der Waals surface area (Å²) in [6.45, 7) is 2.06. The summed E-state index contributed by atoms with van der Waals surface area (Å²) in [5, 5.41) is 3.42. The van der Waals surface area contributed by atoms with Gasteiger partial charge in [0.25, 0.3) is 0 Å². The lowest BCUT2D eigenvalue weighted by molar-refractivity contribution is 0.479. The summed E-state index contributed by atoms with van der Waals surface area (Å²) < 4.78 is 18.6. The second-order valence-electron chi connectivity index (χ2n) is 4.26. The first-order chi connectivity index (χ1) is 9.10. The van der Waals surface area contributed by atoms with Crippen LogP contribution >= 0.6 is 11.6 Å². The Morgan fingerprint density at radius 2 is 2.00 bits per heavy atom. The first-order valence-corrected chi connectivity index (χ1v) is 6.38. The normalized spacial score (nSPS) is 12.2. The predicted octanol–water partition coefficient (Wildman–Crippen LogP) is 4.55. The van der Waals surface area contributed by atoms with E-state index in [-0.39, 0.29) is 16.9 Å². The van der Waals surface area contributed by atoms with Gasteiger partial charge in [-0.25, -0.2) is 4.39 Å². The topological polar surface area (TPSA) is 21.3 Å². The smallest absolute Gasteiger partial charge is 0.146 e. The molecule has 0 aromatic heterocycles.